The van der Waals surface area contributed by atoms with Gasteiger partial charge in [0.25, 0.3) is 0 Å². The molecule has 0 bridgehead atoms. The zero-order chi connectivity index (χ0) is 17.6. The van der Waals surface area contributed by atoms with E-state index in [2.05, 4.69) is 58.0 Å². The lowest BCUT2D eigenvalue weighted by Gasteiger charge is -2.34. The van der Waals surface area contributed by atoms with Gasteiger partial charge in [0.2, 0.25) is 0 Å². The average Bonchev–Trinajstić information content (AvgIpc) is 3.12. The van der Waals surface area contributed by atoms with Crippen LogP contribution in [0, 0.1) is 0 Å². The van der Waals surface area contributed by atoms with Crippen molar-refractivity contribution in [3.8, 4) is 0 Å². The minimum absolute atomic E-state index is 0. The van der Waals surface area contributed by atoms with Gasteiger partial charge in [-0.15, -0.1) is 24.0 Å². The van der Waals surface area contributed by atoms with Crippen molar-refractivity contribution in [1.29, 1.82) is 0 Å². The first kappa shape index (κ1) is 21.8. The van der Waals surface area contributed by atoms with Crippen LogP contribution in [-0.4, -0.2) is 54.6 Å². The summed E-state index contributed by atoms with van der Waals surface area (Å²) in [5.74, 6) is 0.955. The monoisotopic (exact) mass is 488 g/mol. The van der Waals surface area contributed by atoms with Crippen LogP contribution in [0.15, 0.2) is 29.3 Å². The molecule has 1 aliphatic heterocycles. The molecule has 1 aliphatic carbocycles. The second kappa shape index (κ2) is 10.8. The first-order valence-corrected chi connectivity index (χ1v) is 10.8. The number of benzene rings is 1. The second-order valence-electron chi connectivity index (χ2n) is 7.30. The Morgan fingerprint density at radius 1 is 1.31 bits per heavy atom. The fourth-order valence-electron chi connectivity index (χ4n) is 3.94. The third-order valence-electron chi connectivity index (χ3n) is 5.63. The number of aliphatic imine (C=N–C) groups is 1. The summed E-state index contributed by atoms with van der Waals surface area (Å²) < 4.78 is 0. The molecular formula is C20H33IN4S. The van der Waals surface area contributed by atoms with Crippen molar-refractivity contribution >= 4 is 41.7 Å². The van der Waals surface area contributed by atoms with Crippen LogP contribution >= 0.6 is 35.7 Å². The predicted octanol–water partition coefficient (Wildman–Crippen LogP) is 3.50. The topological polar surface area (TPSA) is 39.7 Å². The minimum atomic E-state index is 0. The Labute approximate surface area is 180 Å². The summed E-state index contributed by atoms with van der Waals surface area (Å²) >= 11 is 2.00. The zero-order valence-electron chi connectivity index (χ0n) is 16.2. The van der Waals surface area contributed by atoms with Gasteiger partial charge in [-0.25, -0.2) is 0 Å². The quantitative estimate of drug-likeness (QED) is 0.378. The first-order chi connectivity index (χ1) is 12.2. The van der Waals surface area contributed by atoms with Gasteiger partial charge in [-0.2, -0.15) is 11.8 Å². The van der Waals surface area contributed by atoms with E-state index in [0.717, 1.165) is 37.3 Å². The number of hydrogen-bond donors (Lipinski definition) is 2. The molecule has 1 saturated carbocycles. The molecule has 0 amide bonds. The van der Waals surface area contributed by atoms with Crippen molar-refractivity contribution in [2.75, 3.05) is 26.4 Å². The van der Waals surface area contributed by atoms with Crippen molar-refractivity contribution in [2.45, 2.75) is 56.5 Å². The average molecular weight is 488 g/mol. The molecule has 26 heavy (non-hydrogen) atoms. The van der Waals surface area contributed by atoms with Crippen LogP contribution in [0.25, 0.3) is 0 Å². The Bertz CT molecular complexity index is 595. The van der Waals surface area contributed by atoms with E-state index >= 15 is 0 Å². The van der Waals surface area contributed by atoms with E-state index in [1.165, 1.54) is 30.4 Å². The molecule has 1 heterocycles. The molecular weight excluding hydrogens is 455 g/mol. The van der Waals surface area contributed by atoms with Crippen molar-refractivity contribution in [3.63, 3.8) is 0 Å². The fraction of sp³-hybridized carbons (Fsp3) is 0.650. The van der Waals surface area contributed by atoms with Gasteiger partial charge in [-0.1, -0.05) is 24.3 Å². The number of fused-ring (bicyclic) bond motifs is 1. The molecule has 1 aromatic carbocycles. The van der Waals surface area contributed by atoms with E-state index in [4.69, 9.17) is 0 Å². The Hall–Kier alpha value is -0.470. The number of thioether (sulfide) groups is 1. The lowest BCUT2D eigenvalue weighted by atomic mass is 9.99. The number of rotatable bonds is 5. The summed E-state index contributed by atoms with van der Waals surface area (Å²) in [5, 5.41) is 7.96. The standard InChI is InChI=1S/C20H32N4S.HI/c1-15(24-11-10-16-6-4-5-7-17(16)14-24)13-22-20(21-2)23-18-8-9-19(12-18)25-3;/h4-7,15,18-19H,8-14H2,1-3H3,(H2,21,22,23);1H. The lowest BCUT2D eigenvalue weighted by molar-refractivity contribution is 0.191. The van der Waals surface area contributed by atoms with Crippen LogP contribution in [0.1, 0.15) is 37.3 Å². The SMILES string of the molecule is CN=C(NCC(C)N1CCc2ccccc2C1)NC1CCC(SC)C1.I. The summed E-state index contributed by atoms with van der Waals surface area (Å²) in [5.41, 5.74) is 3.00. The van der Waals surface area contributed by atoms with Gasteiger partial charge in [0.05, 0.1) is 0 Å². The molecule has 3 unspecified atom stereocenters. The van der Waals surface area contributed by atoms with Gasteiger partial charge in [-0.3, -0.25) is 9.89 Å². The van der Waals surface area contributed by atoms with Crippen molar-refractivity contribution in [2.24, 2.45) is 4.99 Å². The van der Waals surface area contributed by atoms with Crippen LogP contribution in [0.3, 0.4) is 0 Å². The van der Waals surface area contributed by atoms with Crippen LogP contribution in [-0.2, 0) is 13.0 Å². The van der Waals surface area contributed by atoms with Crippen LogP contribution in [0.4, 0.5) is 0 Å². The van der Waals surface area contributed by atoms with E-state index in [1.807, 2.05) is 18.8 Å². The van der Waals surface area contributed by atoms with Crippen LogP contribution in [0.5, 0.6) is 0 Å². The van der Waals surface area contributed by atoms with E-state index in [9.17, 15) is 0 Å². The molecule has 1 fully saturated rings. The van der Waals surface area contributed by atoms with Crippen molar-refractivity contribution in [3.05, 3.63) is 35.4 Å². The van der Waals surface area contributed by atoms with Crippen LogP contribution in [0.2, 0.25) is 0 Å². The summed E-state index contributed by atoms with van der Waals surface area (Å²) in [6.07, 6.45) is 7.20. The van der Waals surface area contributed by atoms with E-state index in [1.54, 1.807) is 0 Å². The Balaban J connectivity index is 0.00000243. The largest absolute Gasteiger partial charge is 0.355 e. The van der Waals surface area contributed by atoms with Crippen molar-refractivity contribution < 1.29 is 0 Å². The zero-order valence-corrected chi connectivity index (χ0v) is 19.3. The van der Waals surface area contributed by atoms with Gasteiger partial charge in [0, 0.05) is 44.0 Å². The maximum Gasteiger partial charge on any atom is 0.191 e. The first-order valence-electron chi connectivity index (χ1n) is 9.50. The smallest absolute Gasteiger partial charge is 0.191 e. The molecule has 3 rings (SSSR count). The molecule has 0 radical (unpaired) electrons. The van der Waals surface area contributed by atoms with Crippen LogP contribution < -0.4 is 10.6 Å². The van der Waals surface area contributed by atoms with E-state index in [0.29, 0.717) is 12.1 Å². The van der Waals surface area contributed by atoms with Crippen molar-refractivity contribution in [1.82, 2.24) is 15.5 Å². The number of nitrogens with one attached hydrogen (secondary N) is 2. The summed E-state index contributed by atoms with van der Waals surface area (Å²) in [6.45, 7) is 5.45. The highest BCUT2D eigenvalue weighted by Crippen LogP contribution is 2.28. The summed E-state index contributed by atoms with van der Waals surface area (Å²) in [6, 6.07) is 9.91. The maximum atomic E-state index is 4.42. The molecule has 0 spiro atoms. The van der Waals surface area contributed by atoms with Gasteiger partial charge < -0.3 is 10.6 Å². The molecule has 3 atom stereocenters. The third-order valence-corrected chi connectivity index (χ3v) is 6.73. The van der Waals surface area contributed by atoms with E-state index in [-0.39, 0.29) is 24.0 Å². The molecule has 146 valence electrons. The fourth-order valence-corrected chi connectivity index (χ4v) is 4.74. The molecule has 0 saturated heterocycles. The van der Waals surface area contributed by atoms with Gasteiger partial charge in [0.15, 0.2) is 5.96 Å². The molecule has 4 nitrogen and oxygen atoms in total. The number of hydrogen-bond acceptors (Lipinski definition) is 3. The number of halogens is 1. The van der Waals surface area contributed by atoms with E-state index < -0.39 is 0 Å². The Morgan fingerprint density at radius 3 is 2.77 bits per heavy atom. The molecule has 1 aromatic rings. The van der Waals surface area contributed by atoms with Gasteiger partial charge in [-0.05, 0) is 50.0 Å². The predicted molar refractivity (Wildman–Crippen MR) is 125 cm³/mol. The highest BCUT2D eigenvalue weighted by Gasteiger charge is 2.25. The van der Waals surface area contributed by atoms with Gasteiger partial charge >= 0.3 is 0 Å². The second-order valence-corrected chi connectivity index (χ2v) is 8.44. The molecule has 2 aliphatic rings. The normalized spacial score (nSPS) is 24.5. The molecule has 2 N–H and O–H groups in total. The maximum absolute atomic E-state index is 4.42. The number of guanidine groups is 1. The van der Waals surface area contributed by atoms with Gasteiger partial charge in [0.1, 0.15) is 0 Å². The third kappa shape index (κ3) is 5.76. The highest BCUT2D eigenvalue weighted by molar-refractivity contribution is 14.0. The lowest BCUT2D eigenvalue weighted by Crippen LogP contribution is -2.49. The minimum Gasteiger partial charge on any atom is -0.355 e. The number of nitrogens with zero attached hydrogens (tertiary/aromatic N) is 2. The highest BCUT2D eigenvalue weighted by atomic mass is 127. The molecule has 0 aromatic heterocycles. The Morgan fingerprint density at radius 2 is 2.08 bits per heavy atom. The summed E-state index contributed by atoms with van der Waals surface area (Å²) in [4.78, 5) is 7.00. The Kier molecular flexibility index (Phi) is 9.03. The molecule has 6 heteroatoms. The summed E-state index contributed by atoms with van der Waals surface area (Å²) in [7, 11) is 1.87.